The highest BCUT2D eigenvalue weighted by molar-refractivity contribution is 5.79. The molecule has 2 amide bonds. The Morgan fingerprint density at radius 2 is 1.16 bits per heavy atom. The molecule has 0 aliphatic rings. The van der Waals surface area contributed by atoms with Crippen molar-refractivity contribution in [3.05, 3.63) is 144 Å². The maximum atomic E-state index is 13.5. The van der Waals surface area contributed by atoms with Crippen molar-refractivity contribution in [3.63, 3.8) is 0 Å². The molecular formula is C32H32N2O4. The maximum Gasteiger partial charge on any atom is 0.407 e. The summed E-state index contributed by atoms with van der Waals surface area (Å²) in [5, 5.41) is 15.8. The zero-order valence-corrected chi connectivity index (χ0v) is 21.1. The smallest absolute Gasteiger partial charge is 0.407 e. The molecule has 0 aliphatic carbocycles. The summed E-state index contributed by atoms with van der Waals surface area (Å²) in [5.41, 5.74) is 2.71. The van der Waals surface area contributed by atoms with Crippen LogP contribution >= 0.6 is 0 Å². The molecule has 6 nitrogen and oxygen atoms in total. The molecule has 0 aromatic heterocycles. The molecule has 0 radical (unpaired) electrons. The van der Waals surface area contributed by atoms with Gasteiger partial charge >= 0.3 is 6.09 Å². The highest BCUT2D eigenvalue weighted by atomic mass is 16.5. The average molecular weight is 509 g/mol. The normalized spacial score (nSPS) is 11.8. The van der Waals surface area contributed by atoms with Crippen molar-refractivity contribution in [1.82, 2.24) is 10.6 Å². The third kappa shape index (κ3) is 6.66. The molecule has 0 aliphatic heterocycles. The third-order valence-electron chi connectivity index (χ3n) is 6.42. The van der Waals surface area contributed by atoms with Crippen LogP contribution in [0.15, 0.2) is 121 Å². The van der Waals surface area contributed by atoms with E-state index in [0.717, 1.165) is 22.3 Å². The predicted octanol–water partition coefficient (Wildman–Crippen LogP) is 5.16. The number of hydrogen-bond acceptors (Lipinski definition) is 4. The van der Waals surface area contributed by atoms with E-state index in [1.54, 1.807) is 0 Å². The van der Waals surface area contributed by atoms with Crippen molar-refractivity contribution in [2.24, 2.45) is 0 Å². The second-order valence-corrected chi connectivity index (χ2v) is 9.02. The molecule has 0 saturated heterocycles. The number of aliphatic hydroxyl groups excluding tert-OH is 1. The molecule has 0 spiro atoms. The van der Waals surface area contributed by atoms with E-state index < -0.39 is 17.7 Å². The molecule has 1 atom stereocenters. The van der Waals surface area contributed by atoms with Gasteiger partial charge in [0.15, 0.2) is 0 Å². The van der Waals surface area contributed by atoms with Crippen molar-refractivity contribution < 1.29 is 19.4 Å². The third-order valence-corrected chi connectivity index (χ3v) is 6.42. The number of hydrogen-bond donors (Lipinski definition) is 3. The van der Waals surface area contributed by atoms with Crippen LogP contribution in [-0.4, -0.2) is 29.8 Å². The predicted molar refractivity (Wildman–Crippen MR) is 147 cm³/mol. The van der Waals surface area contributed by atoms with Gasteiger partial charge in [0.1, 0.15) is 12.1 Å². The molecule has 0 heterocycles. The van der Waals surface area contributed by atoms with Crippen LogP contribution in [0.5, 0.6) is 0 Å². The van der Waals surface area contributed by atoms with Crippen LogP contribution in [0, 0.1) is 0 Å². The van der Waals surface area contributed by atoms with Gasteiger partial charge in [-0.25, -0.2) is 4.79 Å². The molecule has 3 N–H and O–H groups in total. The van der Waals surface area contributed by atoms with E-state index in [2.05, 4.69) is 10.6 Å². The minimum atomic E-state index is -0.919. The quantitative estimate of drug-likeness (QED) is 0.244. The van der Waals surface area contributed by atoms with Crippen LogP contribution in [0.25, 0.3) is 0 Å². The first kappa shape index (κ1) is 26.6. The summed E-state index contributed by atoms with van der Waals surface area (Å²) in [6, 6.07) is 38.3. The minimum absolute atomic E-state index is 0.0957. The van der Waals surface area contributed by atoms with Gasteiger partial charge in [-0.05, 0) is 28.7 Å². The molecule has 4 rings (SSSR count). The van der Waals surface area contributed by atoms with Crippen LogP contribution in [-0.2, 0) is 21.7 Å². The zero-order chi connectivity index (χ0) is 26.6. The molecule has 4 aromatic rings. The molecule has 0 bridgehead atoms. The van der Waals surface area contributed by atoms with E-state index in [0.29, 0.717) is 0 Å². The van der Waals surface area contributed by atoms with Gasteiger partial charge in [0, 0.05) is 6.42 Å². The van der Waals surface area contributed by atoms with E-state index >= 15 is 0 Å². The number of alkyl carbamates (subject to hydrolysis) is 1. The average Bonchev–Trinajstić information content (AvgIpc) is 2.99. The molecule has 38 heavy (non-hydrogen) atoms. The zero-order valence-electron chi connectivity index (χ0n) is 21.1. The van der Waals surface area contributed by atoms with Gasteiger partial charge in [0.25, 0.3) is 0 Å². The van der Waals surface area contributed by atoms with Gasteiger partial charge in [-0.15, -0.1) is 0 Å². The molecule has 6 heteroatoms. The number of aliphatic hydroxyl groups is 1. The molecule has 0 fully saturated rings. The first-order valence-corrected chi connectivity index (χ1v) is 12.7. The Morgan fingerprint density at radius 3 is 1.61 bits per heavy atom. The van der Waals surface area contributed by atoms with E-state index in [-0.39, 0.29) is 32.0 Å². The molecule has 1 unspecified atom stereocenters. The summed E-state index contributed by atoms with van der Waals surface area (Å²) >= 11 is 0. The number of nitrogens with one attached hydrogen (secondary N) is 2. The van der Waals surface area contributed by atoms with Gasteiger partial charge in [0.2, 0.25) is 5.91 Å². The minimum Gasteiger partial charge on any atom is -0.445 e. The van der Waals surface area contributed by atoms with Gasteiger partial charge < -0.3 is 20.5 Å². The number of carbonyl (C=O) groups excluding carboxylic acids is 2. The van der Waals surface area contributed by atoms with E-state index in [4.69, 9.17) is 4.74 Å². The summed E-state index contributed by atoms with van der Waals surface area (Å²) in [4.78, 5) is 25.7. The topological polar surface area (TPSA) is 87.7 Å². The number of carbonyl (C=O) groups is 2. The highest BCUT2D eigenvalue weighted by Gasteiger charge is 2.37. The van der Waals surface area contributed by atoms with Crippen LogP contribution in [0.1, 0.15) is 35.1 Å². The molecule has 4 aromatic carbocycles. The van der Waals surface area contributed by atoms with Crippen LogP contribution < -0.4 is 10.6 Å². The van der Waals surface area contributed by atoms with Gasteiger partial charge in [0.05, 0.1) is 12.6 Å². The van der Waals surface area contributed by atoms with Crippen molar-refractivity contribution in [2.45, 2.75) is 31.0 Å². The summed E-state index contributed by atoms with van der Waals surface area (Å²) in [7, 11) is 0. The first-order valence-electron chi connectivity index (χ1n) is 12.7. The fourth-order valence-corrected chi connectivity index (χ4v) is 4.50. The van der Waals surface area contributed by atoms with E-state index in [1.807, 2.05) is 121 Å². The number of benzene rings is 4. The maximum absolute atomic E-state index is 13.5. The highest BCUT2D eigenvalue weighted by Crippen LogP contribution is 2.36. The van der Waals surface area contributed by atoms with Gasteiger partial charge in [-0.3, -0.25) is 4.79 Å². The molecule has 194 valence electrons. The molecular weight excluding hydrogens is 476 g/mol. The van der Waals surface area contributed by atoms with Crippen molar-refractivity contribution in [2.75, 3.05) is 6.61 Å². The van der Waals surface area contributed by atoms with Crippen LogP contribution in [0.2, 0.25) is 0 Å². The number of amides is 2. The fraction of sp³-hybridized carbons (Fsp3) is 0.188. The fourth-order valence-electron chi connectivity index (χ4n) is 4.50. The lowest BCUT2D eigenvalue weighted by Gasteiger charge is -2.37. The molecule has 0 saturated carbocycles. The summed E-state index contributed by atoms with van der Waals surface area (Å²) in [6.45, 7) is -0.187. The summed E-state index contributed by atoms with van der Waals surface area (Å²) in [5.74, 6) is -0.209. The Labute approximate surface area is 223 Å². The Bertz CT molecular complexity index is 1190. The van der Waals surface area contributed by atoms with E-state index in [9.17, 15) is 14.7 Å². The Kier molecular flexibility index (Phi) is 9.27. The Morgan fingerprint density at radius 1 is 0.711 bits per heavy atom. The summed E-state index contributed by atoms with van der Waals surface area (Å²) in [6.07, 6.45) is -0.295. The van der Waals surface area contributed by atoms with Crippen LogP contribution in [0.3, 0.4) is 0 Å². The van der Waals surface area contributed by atoms with Crippen molar-refractivity contribution in [3.8, 4) is 0 Å². The number of ether oxygens (including phenoxy) is 1. The lowest BCUT2D eigenvalue weighted by molar-refractivity contribution is -0.122. The monoisotopic (exact) mass is 508 g/mol. The van der Waals surface area contributed by atoms with Crippen molar-refractivity contribution >= 4 is 12.0 Å². The second-order valence-electron chi connectivity index (χ2n) is 9.02. The van der Waals surface area contributed by atoms with Crippen LogP contribution in [0.4, 0.5) is 4.79 Å². The Hall–Kier alpha value is -4.42. The first-order chi connectivity index (χ1) is 18.6. The summed E-state index contributed by atoms with van der Waals surface area (Å²) < 4.78 is 5.26. The SMILES string of the molecule is O=C(CCC(CO)NC(=O)OCc1ccccc1)NC(c1ccccc1)(c1ccccc1)c1ccccc1. The van der Waals surface area contributed by atoms with Gasteiger partial charge in [-0.2, -0.15) is 0 Å². The van der Waals surface area contributed by atoms with Gasteiger partial charge in [-0.1, -0.05) is 121 Å². The Balaban J connectivity index is 1.49. The van der Waals surface area contributed by atoms with E-state index in [1.165, 1.54) is 0 Å². The second kappa shape index (κ2) is 13.2. The standard InChI is InChI=1S/C32H32N2O4/c35-23-29(33-31(37)38-24-25-13-5-1-6-14-25)21-22-30(36)34-32(26-15-7-2-8-16-26,27-17-9-3-10-18-27)28-19-11-4-12-20-28/h1-20,29,35H,21-24H2,(H,33,37)(H,34,36). The largest absolute Gasteiger partial charge is 0.445 e. The number of rotatable bonds is 11. The lowest BCUT2D eigenvalue weighted by Crippen LogP contribution is -2.48. The van der Waals surface area contributed by atoms with Crippen molar-refractivity contribution in [1.29, 1.82) is 0 Å². The lowest BCUT2D eigenvalue weighted by atomic mass is 9.77.